The Balaban J connectivity index is 1.67. The van der Waals surface area contributed by atoms with Crippen LogP contribution in [0.2, 0.25) is 0 Å². The van der Waals surface area contributed by atoms with Gasteiger partial charge in [0, 0.05) is 30.5 Å². The van der Waals surface area contributed by atoms with Gasteiger partial charge in [-0.3, -0.25) is 9.78 Å². The van der Waals surface area contributed by atoms with Gasteiger partial charge in [0.1, 0.15) is 5.69 Å². The number of fused-ring (bicyclic) bond motifs is 2. The highest BCUT2D eigenvalue weighted by atomic mass is 32.2. The number of sulfonamides is 1. The molecule has 2 aliphatic rings. The van der Waals surface area contributed by atoms with Crippen molar-refractivity contribution in [3.63, 3.8) is 0 Å². The minimum absolute atomic E-state index is 0.00462. The lowest BCUT2D eigenvalue weighted by Gasteiger charge is -2.37. The number of rotatable bonds is 3. The molecule has 2 bridgehead atoms. The number of carbonyl (C=O) groups is 1. The van der Waals surface area contributed by atoms with E-state index in [-0.39, 0.29) is 29.7 Å². The highest BCUT2D eigenvalue weighted by Gasteiger charge is 2.45. The first-order valence-corrected chi connectivity index (χ1v) is 8.85. The number of nitrogens with zero attached hydrogens (tertiary/aromatic N) is 3. The molecular weight excluding hydrogens is 292 g/mol. The number of aromatic nitrogens is 2. The Hall–Kier alpha value is -1.54. The molecular formula is C13H18N4O3S. The van der Waals surface area contributed by atoms with Crippen LogP contribution in [-0.2, 0) is 10.0 Å². The van der Waals surface area contributed by atoms with Crippen molar-refractivity contribution in [3.8, 4) is 0 Å². The molecule has 1 aromatic rings. The first-order valence-electron chi connectivity index (χ1n) is 7.00. The van der Waals surface area contributed by atoms with E-state index in [1.54, 1.807) is 4.31 Å². The van der Waals surface area contributed by atoms with Gasteiger partial charge in [0.25, 0.3) is 5.91 Å². The van der Waals surface area contributed by atoms with E-state index < -0.39 is 10.0 Å². The Morgan fingerprint density at radius 2 is 1.95 bits per heavy atom. The quantitative estimate of drug-likeness (QED) is 0.858. The fourth-order valence-corrected chi connectivity index (χ4v) is 4.94. The van der Waals surface area contributed by atoms with Gasteiger partial charge in [-0.05, 0) is 25.7 Å². The van der Waals surface area contributed by atoms with Crippen molar-refractivity contribution in [3.05, 3.63) is 24.3 Å². The van der Waals surface area contributed by atoms with Crippen LogP contribution in [0.5, 0.6) is 0 Å². The average molecular weight is 310 g/mol. The van der Waals surface area contributed by atoms with Crippen LogP contribution in [-0.4, -0.2) is 53.0 Å². The summed E-state index contributed by atoms with van der Waals surface area (Å²) in [6.45, 7) is 0. The van der Waals surface area contributed by atoms with Gasteiger partial charge in [-0.15, -0.1) is 0 Å². The average Bonchev–Trinajstić information content (AvgIpc) is 2.72. The molecule has 0 radical (unpaired) electrons. The molecule has 2 atom stereocenters. The van der Waals surface area contributed by atoms with Crippen LogP contribution in [0.25, 0.3) is 0 Å². The molecule has 8 heteroatoms. The van der Waals surface area contributed by atoms with E-state index >= 15 is 0 Å². The maximum Gasteiger partial charge on any atom is 0.271 e. The van der Waals surface area contributed by atoms with Crippen LogP contribution in [0.1, 0.15) is 36.2 Å². The normalized spacial score (nSPS) is 29.3. The van der Waals surface area contributed by atoms with E-state index in [1.165, 1.54) is 24.8 Å². The van der Waals surface area contributed by atoms with E-state index in [0.717, 1.165) is 12.8 Å². The summed E-state index contributed by atoms with van der Waals surface area (Å²) in [5.41, 5.74) is 0.287. The lowest BCUT2D eigenvalue weighted by atomic mass is 9.99. The van der Waals surface area contributed by atoms with Gasteiger partial charge >= 0.3 is 0 Å². The summed E-state index contributed by atoms with van der Waals surface area (Å²) in [6, 6.07) is 0.00632. The van der Waals surface area contributed by atoms with Crippen LogP contribution in [0.3, 0.4) is 0 Å². The molecule has 1 N–H and O–H groups in total. The van der Waals surface area contributed by atoms with Crippen LogP contribution < -0.4 is 5.32 Å². The lowest BCUT2D eigenvalue weighted by Crippen LogP contribution is -2.52. The largest absolute Gasteiger partial charge is 0.348 e. The minimum Gasteiger partial charge on any atom is -0.348 e. The smallest absolute Gasteiger partial charge is 0.271 e. The topological polar surface area (TPSA) is 92.3 Å². The maximum atomic E-state index is 12.1. The Morgan fingerprint density at radius 1 is 1.29 bits per heavy atom. The highest BCUT2D eigenvalue weighted by molar-refractivity contribution is 7.88. The van der Waals surface area contributed by atoms with Gasteiger partial charge in [-0.2, -0.15) is 4.31 Å². The molecule has 0 saturated carbocycles. The SMILES string of the molecule is CS(=O)(=O)N1C2CCC1CC(NC(=O)c1cnccn1)C2. The van der Waals surface area contributed by atoms with Crippen LogP contribution in [0.4, 0.5) is 0 Å². The Kier molecular flexibility index (Phi) is 3.66. The van der Waals surface area contributed by atoms with Gasteiger partial charge in [0.15, 0.2) is 0 Å². The zero-order chi connectivity index (χ0) is 15.0. The third-order valence-electron chi connectivity index (χ3n) is 4.18. The Labute approximate surface area is 123 Å². The van der Waals surface area contributed by atoms with Crippen molar-refractivity contribution in [1.29, 1.82) is 0 Å². The Morgan fingerprint density at radius 3 is 2.48 bits per heavy atom. The van der Waals surface area contributed by atoms with E-state index in [1.807, 2.05) is 0 Å². The molecule has 1 amide bonds. The van der Waals surface area contributed by atoms with E-state index in [9.17, 15) is 13.2 Å². The van der Waals surface area contributed by atoms with Crippen molar-refractivity contribution in [2.75, 3.05) is 6.26 Å². The lowest BCUT2D eigenvalue weighted by molar-refractivity contribution is 0.0904. The van der Waals surface area contributed by atoms with Crippen molar-refractivity contribution in [1.82, 2.24) is 19.6 Å². The molecule has 3 rings (SSSR count). The molecule has 1 aromatic heterocycles. The van der Waals surface area contributed by atoms with Crippen molar-refractivity contribution in [2.24, 2.45) is 0 Å². The van der Waals surface area contributed by atoms with Crippen LogP contribution >= 0.6 is 0 Å². The van der Waals surface area contributed by atoms with Crippen molar-refractivity contribution < 1.29 is 13.2 Å². The third-order valence-corrected chi connectivity index (χ3v) is 5.54. The van der Waals surface area contributed by atoms with Gasteiger partial charge in [-0.1, -0.05) is 0 Å². The van der Waals surface area contributed by atoms with E-state index in [4.69, 9.17) is 0 Å². The number of piperidine rings is 1. The second-order valence-corrected chi connectivity index (χ2v) is 7.60. The number of carbonyl (C=O) groups excluding carboxylic acids is 1. The molecule has 21 heavy (non-hydrogen) atoms. The highest BCUT2D eigenvalue weighted by Crippen LogP contribution is 2.37. The fraction of sp³-hybridized carbons (Fsp3) is 0.615. The zero-order valence-corrected chi connectivity index (χ0v) is 12.6. The molecule has 0 spiro atoms. The second kappa shape index (κ2) is 5.34. The molecule has 0 aliphatic carbocycles. The predicted octanol–water partition coefficient (Wildman–Crippen LogP) is 0.161. The molecule has 2 aliphatic heterocycles. The number of hydrogen-bond donors (Lipinski definition) is 1. The van der Waals surface area contributed by atoms with Gasteiger partial charge < -0.3 is 5.32 Å². The number of hydrogen-bond acceptors (Lipinski definition) is 5. The maximum absolute atomic E-state index is 12.1. The standard InChI is InChI=1S/C13H18N4O3S/c1-21(19,20)17-10-2-3-11(17)7-9(6-10)16-13(18)12-8-14-4-5-15-12/h4-5,8-11H,2-3,6-7H2,1H3,(H,16,18). The molecule has 2 unspecified atom stereocenters. The number of amides is 1. The van der Waals surface area contributed by atoms with Gasteiger partial charge in [-0.25, -0.2) is 13.4 Å². The first-order chi connectivity index (χ1) is 9.95. The summed E-state index contributed by atoms with van der Waals surface area (Å²) in [5, 5.41) is 2.95. The van der Waals surface area contributed by atoms with Crippen molar-refractivity contribution in [2.45, 2.75) is 43.8 Å². The van der Waals surface area contributed by atoms with E-state index in [0.29, 0.717) is 12.8 Å². The number of nitrogens with one attached hydrogen (secondary N) is 1. The van der Waals surface area contributed by atoms with Gasteiger partial charge in [0.2, 0.25) is 10.0 Å². The third kappa shape index (κ3) is 2.91. The summed E-state index contributed by atoms with van der Waals surface area (Å²) in [4.78, 5) is 19.9. The summed E-state index contributed by atoms with van der Waals surface area (Å²) in [6.07, 6.45) is 8.74. The van der Waals surface area contributed by atoms with Crippen molar-refractivity contribution >= 4 is 15.9 Å². The molecule has 7 nitrogen and oxygen atoms in total. The molecule has 2 fully saturated rings. The summed E-state index contributed by atoms with van der Waals surface area (Å²) in [5.74, 6) is -0.250. The van der Waals surface area contributed by atoms with Crippen LogP contribution in [0, 0.1) is 0 Å². The monoisotopic (exact) mass is 310 g/mol. The summed E-state index contributed by atoms with van der Waals surface area (Å²) < 4.78 is 25.3. The molecule has 2 saturated heterocycles. The van der Waals surface area contributed by atoms with E-state index in [2.05, 4.69) is 15.3 Å². The molecule has 0 aromatic carbocycles. The predicted molar refractivity (Wildman–Crippen MR) is 76.0 cm³/mol. The molecule has 114 valence electrons. The summed E-state index contributed by atoms with van der Waals surface area (Å²) >= 11 is 0. The Bertz CT molecular complexity index is 620. The minimum atomic E-state index is -3.17. The zero-order valence-electron chi connectivity index (χ0n) is 11.8. The first kappa shape index (κ1) is 14.4. The fourth-order valence-electron chi connectivity index (χ4n) is 3.47. The van der Waals surface area contributed by atoms with Gasteiger partial charge in [0.05, 0.1) is 12.5 Å². The second-order valence-electron chi connectivity index (χ2n) is 5.71. The summed E-state index contributed by atoms with van der Waals surface area (Å²) in [7, 11) is -3.17. The van der Waals surface area contributed by atoms with Crippen LogP contribution in [0.15, 0.2) is 18.6 Å². The molecule has 3 heterocycles.